The highest BCUT2D eigenvalue weighted by Crippen LogP contribution is 2.31. The van der Waals surface area contributed by atoms with Gasteiger partial charge in [-0.3, -0.25) is 9.59 Å². The second-order valence-corrected chi connectivity index (χ2v) is 7.03. The molecule has 3 rings (SSSR count). The van der Waals surface area contributed by atoms with E-state index in [9.17, 15) is 9.59 Å². The molecule has 6 nitrogen and oxygen atoms in total. The van der Waals surface area contributed by atoms with Crippen LogP contribution in [0.25, 0.3) is 0 Å². The molecular weight excluding hydrogens is 324 g/mol. The lowest BCUT2D eigenvalue weighted by Gasteiger charge is -2.21. The number of rotatable bonds is 5. The number of nitrogens with zero attached hydrogens (tertiary/aromatic N) is 3. The van der Waals surface area contributed by atoms with Gasteiger partial charge in [-0.05, 0) is 37.6 Å². The van der Waals surface area contributed by atoms with Crippen molar-refractivity contribution in [3.63, 3.8) is 0 Å². The average molecular weight is 346 g/mol. The van der Waals surface area contributed by atoms with Crippen LogP contribution in [-0.4, -0.2) is 28.1 Å². The van der Waals surface area contributed by atoms with E-state index in [0.717, 1.165) is 24.9 Å². The summed E-state index contributed by atoms with van der Waals surface area (Å²) in [6, 6.07) is 3.92. The summed E-state index contributed by atoms with van der Waals surface area (Å²) >= 11 is 1.65. The molecule has 128 valence electrons. The second kappa shape index (κ2) is 7.17. The molecule has 2 aromatic rings. The molecule has 0 aliphatic carbocycles. The van der Waals surface area contributed by atoms with Gasteiger partial charge in [0.25, 0.3) is 0 Å². The molecule has 0 saturated carbocycles. The molecule has 1 aliphatic rings. The van der Waals surface area contributed by atoms with Crippen molar-refractivity contribution < 1.29 is 9.59 Å². The molecule has 3 heterocycles. The summed E-state index contributed by atoms with van der Waals surface area (Å²) in [7, 11) is 0. The predicted molar refractivity (Wildman–Crippen MR) is 95.5 cm³/mol. The predicted octanol–water partition coefficient (Wildman–Crippen LogP) is 3.22. The van der Waals surface area contributed by atoms with E-state index in [4.69, 9.17) is 0 Å². The molecule has 1 N–H and O–H groups in total. The molecule has 0 bridgehead atoms. The van der Waals surface area contributed by atoms with Crippen molar-refractivity contribution in [1.29, 1.82) is 0 Å². The van der Waals surface area contributed by atoms with Gasteiger partial charge in [-0.15, -0.1) is 11.3 Å². The minimum absolute atomic E-state index is 0.0118. The maximum absolute atomic E-state index is 12.5. The van der Waals surface area contributed by atoms with Crippen LogP contribution in [0.3, 0.4) is 0 Å². The Morgan fingerprint density at radius 3 is 3.04 bits per heavy atom. The highest BCUT2D eigenvalue weighted by atomic mass is 32.1. The lowest BCUT2D eigenvalue weighted by molar-refractivity contribution is -0.121. The smallest absolute Gasteiger partial charge is 0.245 e. The third-order valence-electron chi connectivity index (χ3n) is 4.36. The molecule has 0 fully saturated rings. The fourth-order valence-corrected chi connectivity index (χ4v) is 3.79. The van der Waals surface area contributed by atoms with Crippen molar-refractivity contribution in [2.24, 2.45) is 0 Å². The molecule has 7 heteroatoms. The highest BCUT2D eigenvalue weighted by molar-refractivity contribution is 7.10. The van der Waals surface area contributed by atoms with E-state index in [1.807, 2.05) is 11.4 Å². The van der Waals surface area contributed by atoms with Crippen molar-refractivity contribution in [1.82, 2.24) is 9.78 Å². The van der Waals surface area contributed by atoms with Crippen LogP contribution >= 0.6 is 11.3 Å². The molecule has 0 radical (unpaired) electrons. The van der Waals surface area contributed by atoms with E-state index in [0.29, 0.717) is 12.2 Å². The van der Waals surface area contributed by atoms with E-state index < -0.39 is 0 Å². The summed E-state index contributed by atoms with van der Waals surface area (Å²) in [5, 5.41) is 9.13. The maximum atomic E-state index is 12.5. The van der Waals surface area contributed by atoms with Crippen LogP contribution in [0.5, 0.6) is 0 Å². The van der Waals surface area contributed by atoms with Crippen LogP contribution in [0.1, 0.15) is 44.0 Å². The van der Waals surface area contributed by atoms with Gasteiger partial charge in [0.05, 0.1) is 17.9 Å². The Hall–Kier alpha value is -2.15. The molecule has 2 amide bonds. The third-order valence-corrected chi connectivity index (χ3v) is 5.33. The Kier molecular flexibility index (Phi) is 4.99. The number of carbonyl (C=O) groups excluding carboxylic acids is 2. The lowest BCUT2D eigenvalue weighted by Crippen LogP contribution is -2.37. The molecule has 0 aromatic carbocycles. The van der Waals surface area contributed by atoms with Crippen LogP contribution < -0.4 is 10.2 Å². The Morgan fingerprint density at radius 1 is 1.42 bits per heavy atom. The molecule has 24 heavy (non-hydrogen) atoms. The standard InChI is InChI=1S/C17H22N4O2S/c1-3-12(2)21-15(7-9-18-21)19-16(22)11-20-13-8-10-24-14(13)5-4-6-17(20)23/h7-10,12H,3-6,11H2,1-2H3,(H,19,22). The zero-order valence-corrected chi connectivity index (χ0v) is 14.8. The number of aromatic nitrogens is 2. The second-order valence-electron chi connectivity index (χ2n) is 6.03. The lowest BCUT2D eigenvalue weighted by atomic mass is 10.2. The number of fused-ring (bicyclic) bond motifs is 1. The Morgan fingerprint density at radius 2 is 2.25 bits per heavy atom. The Balaban J connectivity index is 1.73. The molecule has 1 unspecified atom stereocenters. The number of anilines is 2. The van der Waals surface area contributed by atoms with Crippen molar-refractivity contribution in [3.8, 4) is 0 Å². The van der Waals surface area contributed by atoms with Gasteiger partial charge in [-0.2, -0.15) is 5.10 Å². The highest BCUT2D eigenvalue weighted by Gasteiger charge is 2.25. The van der Waals surface area contributed by atoms with Crippen LogP contribution in [0.15, 0.2) is 23.7 Å². The van der Waals surface area contributed by atoms with Gasteiger partial charge in [0.15, 0.2) is 0 Å². The molecule has 0 saturated heterocycles. The van der Waals surface area contributed by atoms with Crippen LogP contribution in [0.2, 0.25) is 0 Å². The third kappa shape index (κ3) is 3.36. The van der Waals surface area contributed by atoms with Gasteiger partial charge in [-0.1, -0.05) is 6.92 Å². The number of amides is 2. The summed E-state index contributed by atoms with van der Waals surface area (Å²) in [5.41, 5.74) is 0.882. The van der Waals surface area contributed by atoms with E-state index in [1.54, 1.807) is 33.2 Å². The first-order valence-electron chi connectivity index (χ1n) is 8.30. The minimum atomic E-state index is -0.201. The summed E-state index contributed by atoms with van der Waals surface area (Å²) in [4.78, 5) is 27.6. The first-order valence-corrected chi connectivity index (χ1v) is 9.18. The van der Waals surface area contributed by atoms with Crippen molar-refractivity contribution >= 4 is 34.7 Å². The Labute approximate surface area is 145 Å². The number of aryl methyl sites for hydroxylation is 1. The van der Waals surface area contributed by atoms with E-state index in [1.165, 1.54) is 4.88 Å². The van der Waals surface area contributed by atoms with Gasteiger partial charge >= 0.3 is 0 Å². The van der Waals surface area contributed by atoms with E-state index in [-0.39, 0.29) is 24.4 Å². The summed E-state index contributed by atoms with van der Waals surface area (Å²) in [5.74, 6) is 0.479. The van der Waals surface area contributed by atoms with Crippen LogP contribution in [0, 0.1) is 0 Å². The number of nitrogens with one attached hydrogen (secondary N) is 1. The first-order chi connectivity index (χ1) is 11.6. The van der Waals surface area contributed by atoms with Crippen molar-refractivity contribution in [2.45, 2.75) is 45.6 Å². The van der Waals surface area contributed by atoms with Gasteiger partial charge in [0, 0.05) is 17.4 Å². The SMILES string of the molecule is CCC(C)n1nccc1NC(=O)CN1C(=O)CCCc2sccc21. The van der Waals surface area contributed by atoms with Crippen LogP contribution in [-0.2, 0) is 16.0 Å². The van der Waals surface area contributed by atoms with Gasteiger partial charge in [0.1, 0.15) is 12.4 Å². The fourth-order valence-electron chi connectivity index (χ4n) is 2.87. The van der Waals surface area contributed by atoms with Crippen molar-refractivity contribution in [2.75, 3.05) is 16.8 Å². The number of carbonyl (C=O) groups is 2. The molecule has 1 aliphatic heterocycles. The van der Waals surface area contributed by atoms with Gasteiger partial charge in [0.2, 0.25) is 11.8 Å². The van der Waals surface area contributed by atoms with E-state index in [2.05, 4.69) is 24.3 Å². The number of thiophene rings is 1. The zero-order valence-electron chi connectivity index (χ0n) is 14.0. The monoisotopic (exact) mass is 346 g/mol. The minimum Gasteiger partial charge on any atom is -0.309 e. The number of hydrogen-bond acceptors (Lipinski definition) is 4. The molecule has 2 aromatic heterocycles. The largest absolute Gasteiger partial charge is 0.309 e. The molecular formula is C17H22N4O2S. The Bertz CT molecular complexity index is 737. The molecule has 0 spiro atoms. The maximum Gasteiger partial charge on any atom is 0.245 e. The fraction of sp³-hybridized carbons (Fsp3) is 0.471. The van der Waals surface area contributed by atoms with Gasteiger partial charge < -0.3 is 10.2 Å². The number of hydrogen-bond donors (Lipinski definition) is 1. The summed E-state index contributed by atoms with van der Waals surface area (Å²) < 4.78 is 1.80. The topological polar surface area (TPSA) is 67.2 Å². The average Bonchev–Trinajstić information content (AvgIpc) is 3.18. The zero-order chi connectivity index (χ0) is 17.1. The van der Waals surface area contributed by atoms with Gasteiger partial charge in [-0.25, -0.2) is 4.68 Å². The van der Waals surface area contributed by atoms with E-state index >= 15 is 0 Å². The first kappa shape index (κ1) is 16.7. The normalized spacial score (nSPS) is 15.8. The molecule has 1 atom stereocenters. The van der Waals surface area contributed by atoms with Crippen molar-refractivity contribution in [3.05, 3.63) is 28.6 Å². The summed E-state index contributed by atoms with van der Waals surface area (Å²) in [6.45, 7) is 4.17. The quantitative estimate of drug-likeness (QED) is 0.904. The summed E-state index contributed by atoms with van der Waals surface area (Å²) in [6.07, 6.45) is 4.83. The van der Waals surface area contributed by atoms with Crippen LogP contribution in [0.4, 0.5) is 11.5 Å².